The maximum absolute atomic E-state index is 10.5. The zero-order valence-corrected chi connectivity index (χ0v) is 8.88. The number of primary amides is 1. The van der Waals surface area contributed by atoms with E-state index in [1.54, 1.807) is 0 Å². The molecule has 0 aromatic carbocycles. The molecule has 3 nitrogen and oxygen atoms in total. The molecule has 0 aromatic rings. The molecular weight excluding hydrogens is 164 g/mol. The molecule has 0 saturated heterocycles. The lowest BCUT2D eigenvalue weighted by Crippen LogP contribution is -2.27. The summed E-state index contributed by atoms with van der Waals surface area (Å²) in [6, 6.07) is 0. The molecule has 0 bridgehead atoms. The predicted octanol–water partition coefficient (Wildman–Crippen LogP) is 1.37. The molecule has 0 spiro atoms. The van der Waals surface area contributed by atoms with Crippen molar-refractivity contribution in [3.8, 4) is 0 Å². The maximum Gasteiger partial charge on any atom is 0.217 e. The van der Waals surface area contributed by atoms with Crippen LogP contribution in [0.15, 0.2) is 0 Å². The van der Waals surface area contributed by atoms with Crippen LogP contribution in [0, 0.1) is 0 Å². The first-order chi connectivity index (χ1) is 6.20. The monoisotopic (exact) mass is 186 g/mol. The van der Waals surface area contributed by atoms with Crippen LogP contribution in [0.2, 0.25) is 0 Å². The van der Waals surface area contributed by atoms with Crippen molar-refractivity contribution in [2.75, 3.05) is 19.6 Å². The highest BCUT2D eigenvalue weighted by molar-refractivity contribution is 5.73. The molecule has 13 heavy (non-hydrogen) atoms. The Morgan fingerprint density at radius 1 is 1.15 bits per heavy atom. The molecule has 2 N–H and O–H groups in total. The molecule has 0 atom stereocenters. The first-order valence-electron chi connectivity index (χ1n) is 5.21. The molecule has 0 fully saturated rings. The fourth-order valence-electron chi connectivity index (χ4n) is 1.44. The van der Waals surface area contributed by atoms with Crippen LogP contribution >= 0.6 is 0 Å². The summed E-state index contributed by atoms with van der Waals surface area (Å²) in [6.07, 6.45) is 3.77. The van der Waals surface area contributed by atoms with Gasteiger partial charge in [-0.15, -0.1) is 0 Å². The van der Waals surface area contributed by atoms with Crippen LogP contribution in [-0.4, -0.2) is 30.4 Å². The minimum absolute atomic E-state index is 0.187. The van der Waals surface area contributed by atoms with Gasteiger partial charge in [-0.1, -0.05) is 13.8 Å². The number of hydrogen-bond acceptors (Lipinski definition) is 2. The molecule has 0 aromatic heterocycles. The second kappa shape index (κ2) is 8.05. The van der Waals surface area contributed by atoms with Gasteiger partial charge >= 0.3 is 0 Å². The van der Waals surface area contributed by atoms with Gasteiger partial charge in [0.1, 0.15) is 0 Å². The Balaban J connectivity index is 3.49. The van der Waals surface area contributed by atoms with Crippen LogP contribution in [0.1, 0.15) is 39.5 Å². The summed E-state index contributed by atoms with van der Waals surface area (Å²) >= 11 is 0. The highest BCUT2D eigenvalue weighted by Gasteiger charge is 2.02. The van der Waals surface area contributed by atoms with E-state index in [4.69, 9.17) is 5.73 Å². The van der Waals surface area contributed by atoms with Crippen molar-refractivity contribution in [3.05, 3.63) is 0 Å². The van der Waals surface area contributed by atoms with Crippen molar-refractivity contribution in [3.63, 3.8) is 0 Å². The van der Waals surface area contributed by atoms with Gasteiger partial charge < -0.3 is 10.6 Å². The van der Waals surface area contributed by atoms with Gasteiger partial charge in [-0.05, 0) is 38.9 Å². The molecule has 0 aliphatic heterocycles. The van der Waals surface area contributed by atoms with Gasteiger partial charge in [-0.3, -0.25) is 4.79 Å². The van der Waals surface area contributed by atoms with Crippen LogP contribution < -0.4 is 5.73 Å². The molecule has 0 aliphatic rings. The normalized spacial score (nSPS) is 10.7. The summed E-state index contributed by atoms with van der Waals surface area (Å²) in [7, 11) is 0. The van der Waals surface area contributed by atoms with Crippen molar-refractivity contribution in [1.29, 1.82) is 0 Å². The van der Waals surface area contributed by atoms with Crippen molar-refractivity contribution in [1.82, 2.24) is 4.90 Å². The fraction of sp³-hybridized carbons (Fsp3) is 0.900. The molecule has 1 amide bonds. The third-order valence-corrected chi connectivity index (χ3v) is 1.98. The Morgan fingerprint density at radius 3 is 2.08 bits per heavy atom. The minimum Gasteiger partial charge on any atom is -0.370 e. The lowest BCUT2D eigenvalue weighted by Gasteiger charge is -2.20. The number of nitrogens with two attached hydrogens (primary N) is 1. The molecule has 0 rings (SSSR count). The van der Waals surface area contributed by atoms with E-state index in [1.807, 2.05) is 0 Å². The van der Waals surface area contributed by atoms with Crippen LogP contribution in [0.4, 0.5) is 0 Å². The molecule has 0 radical (unpaired) electrons. The lowest BCUT2D eigenvalue weighted by molar-refractivity contribution is -0.118. The molecular formula is C10H22N2O. The third kappa shape index (κ3) is 7.78. The quantitative estimate of drug-likeness (QED) is 0.622. The first kappa shape index (κ1) is 12.4. The Morgan fingerprint density at radius 2 is 1.69 bits per heavy atom. The molecule has 0 aliphatic carbocycles. The molecule has 78 valence electrons. The summed E-state index contributed by atoms with van der Waals surface area (Å²) in [6.45, 7) is 7.62. The second-order valence-electron chi connectivity index (χ2n) is 3.41. The van der Waals surface area contributed by atoms with Gasteiger partial charge in [-0.25, -0.2) is 0 Å². The number of carbonyl (C=O) groups excluding carboxylic acids is 1. The van der Waals surface area contributed by atoms with E-state index in [-0.39, 0.29) is 5.91 Å². The van der Waals surface area contributed by atoms with E-state index in [9.17, 15) is 4.79 Å². The summed E-state index contributed by atoms with van der Waals surface area (Å²) < 4.78 is 0. The zero-order chi connectivity index (χ0) is 10.1. The first-order valence-corrected chi connectivity index (χ1v) is 5.21. The molecule has 3 heteroatoms. The Kier molecular flexibility index (Phi) is 7.69. The highest BCUT2D eigenvalue weighted by atomic mass is 16.1. The number of amides is 1. The van der Waals surface area contributed by atoms with Gasteiger partial charge in [-0.2, -0.15) is 0 Å². The Bertz CT molecular complexity index is 131. The van der Waals surface area contributed by atoms with E-state index in [2.05, 4.69) is 18.7 Å². The number of carbonyl (C=O) groups is 1. The minimum atomic E-state index is -0.187. The summed E-state index contributed by atoms with van der Waals surface area (Å²) in [5.74, 6) is -0.187. The van der Waals surface area contributed by atoms with Gasteiger partial charge in [0.25, 0.3) is 0 Å². The zero-order valence-electron chi connectivity index (χ0n) is 8.88. The molecule has 0 heterocycles. The Hall–Kier alpha value is -0.570. The van der Waals surface area contributed by atoms with E-state index in [0.717, 1.165) is 26.1 Å². The Labute approximate surface area is 81.3 Å². The van der Waals surface area contributed by atoms with Crippen molar-refractivity contribution in [2.45, 2.75) is 39.5 Å². The number of nitrogens with zero attached hydrogens (tertiary/aromatic N) is 1. The molecule has 0 unspecified atom stereocenters. The SMILES string of the molecule is CCCN(CCC)CCCC(N)=O. The maximum atomic E-state index is 10.5. The largest absolute Gasteiger partial charge is 0.370 e. The molecule has 0 saturated carbocycles. The van der Waals surface area contributed by atoms with E-state index < -0.39 is 0 Å². The van der Waals surface area contributed by atoms with E-state index >= 15 is 0 Å². The third-order valence-electron chi connectivity index (χ3n) is 1.98. The topological polar surface area (TPSA) is 46.3 Å². The van der Waals surface area contributed by atoms with Gasteiger partial charge in [0.15, 0.2) is 0 Å². The van der Waals surface area contributed by atoms with E-state index in [0.29, 0.717) is 6.42 Å². The van der Waals surface area contributed by atoms with Crippen LogP contribution in [0.3, 0.4) is 0 Å². The summed E-state index contributed by atoms with van der Waals surface area (Å²) in [5, 5.41) is 0. The summed E-state index contributed by atoms with van der Waals surface area (Å²) in [5.41, 5.74) is 5.07. The fourth-order valence-corrected chi connectivity index (χ4v) is 1.44. The smallest absolute Gasteiger partial charge is 0.217 e. The van der Waals surface area contributed by atoms with Crippen LogP contribution in [0.5, 0.6) is 0 Å². The average Bonchev–Trinajstić information content (AvgIpc) is 2.04. The standard InChI is InChI=1S/C10H22N2O/c1-3-7-12(8-4-2)9-5-6-10(11)13/h3-9H2,1-2H3,(H2,11,13). The van der Waals surface area contributed by atoms with Crippen molar-refractivity contribution >= 4 is 5.91 Å². The van der Waals surface area contributed by atoms with Crippen molar-refractivity contribution < 1.29 is 4.79 Å². The number of rotatable bonds is 8. The lowest BCUT2D eigenvalue weighted by atomic mass is 10.2. The number of hydrogen-bond donors (Lipinski definition) is 1. The van der Waals surface area contributed by atoms with Crippen LogP contribution in [0.25, 0.3) is 0 Å². The highest BCUT2D eigenvalue weighted by Crippen LogP contribution is 1.98. The van der Waals surface area contributed by atoms with Gasteiger partial charge in [0.05, 0.1) is 0 Å². The average molecular weight is 186 g/mol. The van der Waals surface area contributed by atoms with Gasteiger partial charge in [0, 0.05) is 6.42 Å². The van der Waals surface area contributed by atoms with E-state index in [1.165, 1.54) is 12.8 Å². The summed E-state index contributed by atoms with van der Waals surface area (Å²) in [4.78, 5) is 12.9. The second-order valence-corrected chi connectivity index (χ2v) is 3.41. The van der Waals surface area contributed by atoms with Gasteiger partial charge in [0.2, 0.25) is 5.91 Å². The predicted molar refractivity (Wildman–Crippen MR) is 55.5 cm³/mol. The van der Waals surface area contributed by atoms with Crippen molar-refractivity contribution in [2.24, 2.45) is 5.73 Å². The van der Waals surface area contributed by atoms with Crippen LogP contribution in [-0.2, 0) is 4.79 Å².